The fraction of sp³-hybridized carbons (Fsp3) is 0.529. The van der Waals surface area contributed by atoms with E-state index >= 15 is 0 Å². The molecule has 0 aliphatic heterocycles. The number of carboxylic acids is 1. The molecule has 0 heterocycles. The number of aliphatic carboxylic acids is 1. The Morgan fingerprint density at radius 3 is 2.64 bits per heavy atom. The van der Waals surface area contributed by atoms with E-state index in [9.17, 15) is 24.8 Å². The summed E-state index contributed by atoms with van der Waals surface area (Å²) < 4.78 is 5.15. The molecule has 1 saturated carbocycles. The van der Waals surface area contributed by atoms with Gasteiger partial charge in [0.25, 0.3) is 5.69 Å². The van der Waals surface area contributed by atoms with Crippen LogP contribution < -0.4 is 10.1 Å². The highest BCUT2D eigenvalue weighted by Gasteiger charge is 2.25. The number of hydrogen-bond acceptors (Lipinski definition) is 5. The van der Waals surface area contributed by atoms with Crippen LogP contribution in [0.4, 0.5) is 5.69 Å². The zero-order chi connectivity index (χ0) is 18.4. The number of ether oxygens (including phenoxy) is 1. The van der Waals surface area contributed by atoms with Gasteiger partial charge in [-0.1, -0.05) is 12.8 Å². The molecule has 2 rings (SSSR count). The zero-order valence-corrected chi connectivity index (χ0v) is 14.1. The quantitative estimate of drug-likeness (QED) is 0.548. The lowest BCUT2D eigenvalue weighted by molar-refractivity contribution is -0.384. The molecular weight excluding hydrogens is 328 g/mol. The second-order valence-electron chi connectivity index (χ2n) is 6.27. The van der Waals surface area contributed by atoms with Crippen LogP contribution >= 0.6 is 0 Å². The summed E-state index contributed by atoms with van der Waals surface area (Å²) in [6.45, 7) is 0. The topological polar surface area (TPSA) is 119 Å². The third-order valence-corrected chi connectivity index (χ3v) is 4.48. The van der Waals surface area contributed by atoms with Gasteiger partial charge in [-0.05, 0) is 24.8 Å². The smallest absolute Gasteiger partial charge is 0.326 e. The highest BCUT2D eigenvalue weighted by molar-refractivity contribution is 5.84. The lowest BCUT2D eigenvalue weighted by atomic mass is 10.0. The number of rotatable bonds is 8. The van der Waals surface area contributed by atoms with Gasteiger partial charge in [-0.2, -0.15) is 0 Å². The van der Waals surface area contributed by atoms with E-state index in [1.54, 1.807) is 0 Å². The van der Waals surface area contributed by atoms with Crippen LogP contribution in [-0.4, -0.2) is 35.1 Å². The predicted molar refractivity (Wildman–Crippen MR) is 89.5 cm³/mol. The number of carboxylic acid groups (broad SMARTS) is 1. The summed E-state index contributed by atoms with van der Waals surface area (Å²) >= 11 is 0. The Labute approximate surface area is 145 Å². The molecule has 1 aliphatic carbocycles. The van der Waals surface area contributed by atoms with Crippen molar-refractivity contribution >= 4 is 17.6 Å². The molecule has 1 fully saturated rings. The molecule has 1 aromatic rings. The van der Waals surface area contributed by atoms with Crippen LogP contribution in [-0.2, 0) is 16.0 Å². The highest BCUT2D eigenvalue weighted by atomic mass is 16.6. The van der Waals surface area contributed by atoms with Crippen molar-refractivity contribution in [2.45, 2.75) is 44.6 Å². The maximum Gasteiger partial charge on any atom is 0.326 e. The van der Waals surface area contributed by atoms with Crippen molar-refractivity contribution in [2.24, 2.45) is 5.92 Å². The largest absolute Gasteiger partial charge is 0.496 e. The Morgan fingerprint density at radius 2 is 2.08 bits per heavy atom. The van der Waals surface area contributed by atoms with E-state index in [0.29, 0.717) is 23.7 Å². The number of nitrogens with one attached hydrogen (secondary N) is 1. The van der Waals surface area contributed by atoms with E-state index in [2.05, 4.69) is 5.32 Å². The van der Waals surface area contributed by atoms with E-state index in [-0.39, 0.29) is 18.0 Å². The molecule has 8 nitrogen and oxygen atoms in total. The Balaban J connectivity index is 2.10. The average Bonchev–Trinajstić information content (AvgIpc) is 3.06. The Morgan fingerprint density at radius 1 is 1.40 bits per heavy atom. The fourth-order valence-corrected chi connectivity index (χ4v) is 3.19. The number of non-ortho nitro benzene ring substituents is 1. The number of benzene rings is 1. The van der Waals surface area contributed by atoms with Crippen molar-refractivity contribution < 1.29 is 24.4 Å². The Kier molecular flexibility index (Phi) is 6.32. The number of nitro groups is 1. The predicted octanol–water partition coefficient (Wildman–Crippen LogP) is 2.30. The van der Waals surface area contributed by atoms with E-state index in [4.69, 9.17) is 4.74 Å². The number of carbonyl (C=O) groups is 2. The first-order valence-corrected chi connectivity index (χ1v) is 8.24. The third-order valence-electron chi connectivity index (χ3n) is 4.48. The van der Waals surface area contributed by atoms with E-state index in [0.717, 1.165) is 25.7 Å². The maximum atomic E-state index is 12.1. The maximum absolute atomic E-state index is 12.1. The number of nitro benzene ring substituents is 1. The molecule has 0 saturated heterocycles. The van der Waals surface area contributed by atoms with Gasteiger partial charge in [0.2, 0.25) is 5.91 Å². The second-order valence-corrected chi connectivity index (χ2v) is 6.27. The summed E-state index contributed by atoms with van der Waals surface area (Å²) in [5.41, 5.74) is 0.211. The molecule has 2 N–H and O–H groups in total. The average molecular weight is 350 g/mol. The highest BCUT2D eigenvalue weighted by Crippen LogP contribution is 2.28. The monoisotopic (exact) mass is 350 g/mol. The van der Waals surface area contributed by atoms with Gasteiger partial charge < -0.3 is 15.2 Å². The van der Waals surface area contributed by atoms with Gasteiger partial charge in [-0.3, -0.25) is 14.9 Å². The molecule has 0 bridgehead atoms. The van der Waals surface area contributed by atoms with Crippen LogP contribution in [0.3, 0.4) is 0 Å². The first-order valence-electron chi connectivity index (χ1n) is 8.24. The van der Waals surface area contributed by atoms with Crippen molar-refractivity contribution in [3.63, 3.8) is 0 Å². The molecule has 136 valence electrons. The minimum Gasteiger partial charge on any atom is -0.496 e. The number of nitrogens with zero attached hydrogens (tertiary/aromatic N) is 1. The van der Waals surface area contributed by atoms with Crippen molar-refractivity contribution in [1.82, 2.24) is 5.32 Å². The molecule has 1 atom stereocenters. The molecule has 1 amide bonds. The minimum atomic E-state index is -1.19. The van der Waals surface area contributed by atoms with Crippen LogP contribution in [0.15, 0.2) is 18.2 Å². The standard InChI is InChI=1S/C17H22N2O6/c1-25-15-7-6-13(19(23)24)9-12(15)10-14(17(21)22)18-16(20)8-11-4-2-3-5-11/h6-7,9,11,14H,2-5,8,10H2,1H3,(H,18,20)(H,21,22)/t14-/m0/s1. The zero-order valence-electron chi connectivity index (χ0n) is 14.1. The van der Waals surface area contributed by atoms with Gasteiger partial charge >= 0.3 is 5.97 Å². The fourth-order valence-electron chi connectivity index (χ4n) is 3.19. The van der Waals surface area contributed by atoms with E-state index in [1.165, 1.54) is 25.3 Å². The molecule has 1 aliphatic rings. The SMILES string of the molecule is COc1ccc([N+](=O)[O-])cc1C[C@H](NC(=O)CC1CCCC1)C(=O)O. The lowest BCUT2D eigenvalue weighted by Crippen LogP contribution is -2.42. The summed E-state index contributed by atoms with van der Waals surface area (Å²) in [4.78, 5) is 34.0. The van der Waals surface area contributed by atoms with Crippen molar-refractivity contribution in [1.29, 1.82) is 0 Å². The van der Waals surface area contributed by atoms with Gasteiger partial charge in [-0.25, -0.2) is 4.79 Å². The van der Waals surface area contributed by atoms with Crippen LogP contribution in [0.1, 0.15) is 37.7 Å². The Hall–Kier alpha value is -2.64. The van der Waals surface area contributed by atoms with Gasteiger partial charge in [0.15, 0.2) is 0 Å². The van der Waals surface area contributed by atoms with Gasteiger partial charge in [-0.15, -0.1) is 0 Å². The summed E-state index contributed by atoms with van der Waals surface area (Å²) in [6.07, 6.45) is 4.41. The van der Waals surface area contributed by atoms with Gasteiger partial charge in [0.1, 0.15) is 11.8 Å². The first kappa shape index (κ1) is 18.7. The molecular formula is C17H22N2O6. The summed E-state index contributed by atoms with van der Waals surface area (Å²) in [6, 6.07) is 2.83. The van der Waals surface area contributed by atoms with Crippen LogP contribution in [0.25, 0.3) is 0 Å². The molecule has 8 heteroatoms. The second kappa shape index (κ2) is 8.46. The summed E-state index contributed by atoms with van der Waals surface area (Å²) in [5, 5.41) is 22.8. The summed E-state index contributed by atoms with van der Waals surface area (Å²) in [5.74, 6) is -0.833. The third kappa shape index (κ3) is 5.17. The number of amides is 1. The Bertz CT molecular complexity index is 655. The molecule has 0 unspecified atom stereocenters. The van der Waals surface area contributed by atoms with Crippen molar-refractivity contribution in [2.75, 3.05) is 7.11 Å². The normalized spacial score (nSPS) is 15.6. The van der Waals surface area contributed by atoms with Gasteiger partial charge in [0.05, 0.1) is 12.0 Å². The number of hydrogen-bond donors (Lipinski definition) is 2. The number of carbonyl (C=O) groups excluding carboxylic acids is 1. The van der Waals surface area contributed by atoms with Crippen LogP contribution in [0.5, 0.6) is 5.75 Å². The lowest BCUT2D eigenvalue weighted by Gasteiger charge is -2.17. The van der Waals surface area contributed by atoms with Crippen molar-refractivity contribution in [3.05, 3.63) is 33.9 Å². The van der Waals surface area contributed by atoms with Crippen molar-refractivity contribution in [3.8, 4) is 5.75 Å². The van der Waals surface area contributed by atoms with Crippen LogP contribution in [0.2, 0.25) is 0 Å². The minimum absolute atomic E-state index is 0.0867. The molecule has 0 radical (unpaired) electrons. The molecule has 25 heavy (non-hydrogen) atoms. The van der Waals surface area contributed by atoms with Gasteiger partial charge in [0, 0.05) is 30.5 Å². The first-order chi connectivity index (χ1) is 11.9. The number of methoxy groups -OCH3 is 1. The molecule has 1 aromatic carbocycles. The molecule has 0 spiro atoms. The van der Waals surface area contributed by atoms with E-state index < -0.39 is 16.9 Å². The van der Waals surface area contributed by atoms with Crippen LogP contribution in [0, 0.1) is 16.0 Å². The summed E-state index contributed by atoms with van der Waals surface area (Å²) in [7, 11) is 1.40. The van der Waals surface area contributed by atoms with E-state index in [1.807, 2.05) is 0 Å². The molecule has 0 aromatic heterocycles.